The Morgan fingerprint density at radius 3 is 2.59 bits per heavy atom. The second kappa shape index (κ2) is 4.38. The molecule has 2 rings (SSSR count). The second-order valence-corrected chi connectivity index (χ2v) is 3.86. The van der Waals surface area contributed by atoms with Gasteiger partial charge in [0.2, 0.25) is 0 Å². The van der Waals surface area contributed by atoms with Crippen LogP contribution in [-0.2, 0) is 11.0 Å². The van der Waals surface area contributed by atoms with E-state index in [0.29, 0.717) is 10.8 Å². The molecule has 2 aromatic carbocycles. The Balaban J connectivity index is 2.65. The third-order valence-electron chi connectivity index (χ3n) is 2.21. The van der Waals surface area contributed by atoms with Crippen LogP contribution >= 0.6 is 0 Å². The molecule has 0 aliphatic carbocycles. The van der Waals surface area contributed by atoms with Crippen molar-refractivity contribution in [3.8, 4) is 5.75 Å². The van der Waals surface area contributed by atoms with Gasteiger partial charge in [0.05, 0.1) is 10.3 Å². The Bertz CT molecular complexity index is 657. The number of nitrogens with zero attached hydrogens (tertiary/aromatic N) is 1. The van der Waals surface area contributed by atoms with Crippen LogP contribution in [0.3, 0.4) is 0 Å². The zero-order valence-electron chi connectivity index (χ0n) is 8.40. The van der Waals surface area contributed by atoms with E-state index in [1.54, 1.807) is 18.2 Å². The van der Waals surface area contributed by atoms with Crippen LogP contribution in [0.1, 0.15) is 0 Å². The number of fused-ring (bicyclic) bond motifs is 1. The van der Waals surface area contributed by atoms with E-state index in [9.17, 15) is 18.5 Å². The SMILES string of the molecule is O=[N+]([O-])c1cccc2ccc(O[SH](=O)=O)cc12. The number of nitro groups is 1. The van der Waals surface area contributed by atoms with E-state index < -0.39 is 15.9 Å². The maximum atomic E-state index is 10.8. The number of hydrogen-bond acceptors (Lipinski definition) is 5. The molecule has 0 fully saturated rings. The van der Waals surface area contributed by atoms with Crippen molar-refractivity contribution < 1.29 is 17.5 Å². The van der Waals surface area contributed by atoms with Gasteiger partial charge in [-0.05, 0) is 17.5 Å². The van der Waals surface area contributed by atoms with E-state index in [1.165, 1.54) is 18.2 Å². The fourth-order valence-electron chi connectivity index (χ4n) is 1.54. The summed E-state index contributed by atoms with van der Waals surface area (Å²) in [6, 6.07) is 8.95. The number of rotatable bonds is 3. The summed E-state index contributed by atoms with van der Waals surface area (Å²) in [7, 11) is -3.03. The van der Waals surface area contributed by atoms with Crippen molar-refractivity contribution in [1.82, 2.24) is 0 Å². The molecule has 0 aliphatic rings. The van der Waals surface area contributed by atoms with Crippen molar-refractivity contribution in [2.75, 3.05) is 0 Å². The monoisotopic (exact) mass is 253 g/mol. The van der Waals surface area contributed by atoms with Crippen molar-refractivity contribution in [3.05, 3.63) is 46.5 Å². The summed E-state index contributed by atoms with van der Waals surface area (Å²) in [4.78, 5) is 10.3. The summed E-state index contributed by atoms with van der Waals surface area (Å²) in [6.45, 7) is 0. The van der Waals surface area contributed by atoms with E-state index in [2.05, 4.69) is 4.18 Å². The van der Waals surface area contributed by atoms with Crippen LogP contribution in [0.5, 0.6) is 5.75 Å². The van der Waals surface area contributed by atoms with Crippen molar-refractivity contribution in [1.29, 1.82) is 0 Å². The average molecular weight is 253 g/mol. The standard InChI is InChI=1S/C10H7NO5S/c12-11(13)10-3-1-2-7-4-5-8(6-9(7)10)16-17(14)15/h1-6,17H. The molecule has 0 bridgehead atoms. The quantitative estimate of drug-likeness (QED) is 0.510. The molecule has 0 amide bonds. The predicted octanol–water partition coefficient (Wildman–Crippen LogP) is 1.65. The van der Waals surface area contributed by atoms with Gasteiger partial charge in [0.1, 0.15) is 5.75 Å². The van der Waals surface area contributed by atoms with Gasteiger partial charge in [-0.3, -0.25) is 10.1 Å². The molecule has 17 heavy (non-hydrogen) atoms. The highest BCUT2D eigenvalue weighted by molar-refractivity contribution is 7.67. The highest BCUT2D eigenvalue weighted by Gasteiger charge is 2.11. The van der Waals surface area contributed by atoms with Gasteiger partial charge >= 0.3 is 0 Å². The van der Waals surface area contributed by atoms with E-state index in [4.69, 9.17) is 0 Å². The maximum absolute atomic E-state index is 10.8. The van der Waals surface area contributed by atoms with E-state index in [1.807, 2.05) is 0 Å². The highest BCUT2D eigenvalue weighted by Crippen LogP contribution is 2.28. The Morgan fingerprint density at radius 2 is 1.94 bits per heavy atom. The maximum Gasteiger partial charge on any atom is 0.299 e. The molecule has 0 saturated carbocycles. The Labute approximate surface area is 97.7 Å². The van der Waals surface area contributed by atoms with Crippen LogP contribution in [0.4, 0.5) is 5.69 Å². The number of non-ortho nitro benzene ring substituents is 1. The van der Waals surface area contributed by atoms with E-state index in [-0.39, 0.29) is 11.4 Å². The third kappa shape index (κ3) is 2.34. The minimum absolute atomic E-state index is 0.0583. The fourth-order valence-corrected chi connectivity index (χ4v) is 1.82. The van der Waals surface area contributed by atoms with E-state index in [0.717, 1.165) is 0 Å². The molecule has 2 aromatic rings. The lowest BCUT2D eigenvalue weighted by molar-refractivity contribution is -0.383. The molecule has 6 nitrogen and oxygen atoms in total. The van der Waals surface area contributed by atoms with Crippen LogP contribution in [0.25, 0.3) is 10.8 Å². The van der Waals surface area contributed by atoms with Gasteiger partial charge in [-0.25, -0.2) is 0 Å². The lowest BCUT2D eigenvalue weighted by Crippen LogP contribution is -1.92. The molecule has 0 aromatic heterocycles. The lowest BCUT2D eigenvalue weighted by atomic mass is 10.1. The van der Waals surface area contributed by atoms with Gasteiger partial charge in [-0.1, -0.05) is 18.2 Å². The summed E-state index contributed by atoms with van der Waals surface area (Å²) in [5.41, 5.74) is -0.0888. The summed E-state index contributed by atoms with van der Waals surface area (Å²) >= 11 is 0. The van der Waals surface area contributed by atoms with Crippen LogP contribution in [0.15, 0.2) is 36.4 Å². The average Bonchev–Trinajstić information content (AvgIpc) is 2.27. The first-order valence-corrected chi connectivity index (χ1v) is 5.67. The normalized spacial score (nSPS) is 10.6. The van der Waals surface area contributed by atoms with Crippen LogP contribution < -0.4 is 4.18 Å². The fraction of sp³-hybridized carbons (Fsp3) is 0. The van der Waals surface area contributed by atoms with Gasteiger partial charge in [0, 0.05) is 6.07 Å². The first-order chi connectivity index (χ1) is 8.08. The molecule has 0 N–H and O–H groups in total. The zero-order chi connectivity index (χ0) is 12.4. The van der Waals surface area contributed by atoms with Gasteiger partial charge in [0.15, 0.2) is 0 Å². The Morgan fingerprint density at radius 1 is 1.18 bits per heavy atom. The van der Waals surface area contributed by atoms with Crippen LogP contribution in [0, 0.1) is 10.1 Å². The smallest absolute Gasteiger partial charge is 0.299 e. The first kappa shape index (κ1) is 11.3. The topological polar surface area (TPSA) is 86.5 Å². The highest BCUT2D eigenvalue weighted by atomic mass is 32.2. The zero-order valence-corrected chi connectivity index (χ0v) is 9.29. The van der Waals surface area contributed by atoms with Crippen molar-refractivity contribution in [3.63, 3.8) is 0 Å². The van der Waals surface area contributed by atoms with Gasteiger partial charge in [0.25, 0.3) is 16.7 Å². The summed E-state index contributed by atoms with van der Waals surface area (Å²) in [6.07, 6.45) is 0. The molecule has 0 unspecified atom stereocenters. The van der Waals surface area contributed by atoms with Crippen molar-refractivity contribution in [2.24, 2.45) is 0 Å². The lowest BCUT2D eigenvalue weighted by Gasteiger charge is -2.01. The molecular formula is C10H7NO5S. The molecule has 0 aliphatic heterocycles. The van der Waals surface area contributed by atoms with Crippen molar-refractivity contribution >= 4 is 27.4 Å². The largest absolute Gasteiger partial charge is 0.384 e. The minimum atomic E-state index is -3.03. The molecule has 0 radical (unpaired) electrons. The van der Waals surface area contributed by atoms with Gasteiger partial charge in [-0.15, -0.1) is 0 Å². The van der Waals surface area contributed by atoms with Gasteiger partial charge in [-0.2, -0.15) is 8.42 Å². The summed E-state index contributed by atoms with van der Waals surface area (Å²) in [5, 5.41) is 11.8. The van der Waals surface area contributed by atoms with Gasteiger partial charge < -0.3 is 4.18 Å². The predicted molar refractivity (Wildman–Crippen MR) is 61.5 cm³/mol. The molecule has 0 atom stereocenters. The summed E-state index contributed by atoms with van der Waals surface area (Å²) in [5.74, 6) is 0.0583. The van der Waals surface area contributed by atoms with Crippen molar-refractivity contribution in [2.45, 2.75) is 0 Å². The number of hydrogen-bond donors (Lipinski definition) is 1. The second-order valence-electron chi connectivity index (χ2n) is 3.23. The van der Waals surface area contributed by atoms with Crippen LogP contribution in [-0.4, -0.2) is 13.3 Å². The number of benzene rings is 2. The first-order valence-electron chi connectivity index (χ1n) is 4.57. The molecule has 88 valence electrons. The Hall–Kier alpha value is -2.15. The summed E-state index contributed by atoms with van der Waals surface area (Å²) < 4.78 is 25.3. The molecular weight excluding hydrogens is 246 g/mol. The Kier molecular flexibility index (Phi) is 2.92. The molecule has 0 spiro atoms. The molecule has 0 saturated heterocycles. The molecule has 7 heteroatoms. The number of nitro benzene ring substituents is 1. The van der Waals surface area contributed by atoms with Crippen LogP contribution in [0.2, 0.25) is 0 Å². The number of thiol groups is 1. The molecule has 0 heterocycles. The van der Waals surface area contributed by atoms with E-state index >= 15 is 0 Å². The minimum Gasteiger partial charge on any atom is -0.384 e. The third-order valence-corrected chi connectivity index (χ3v) is 2.57.